The lowest BCUT2D eigenvalue weighted by Gasteiger charge is -2.26. The molecule has 1 heterocycles. The molecule has 14 nitrogen and oxygen atoms in total. The predicted molar refractivity (Wildman–Crippen MR) is 142 cm³/mol. The molecule has 2 rings (SSSR count). The molecule has 1 saturated heterocycles. The van der Waals surface area contributed by atoms with Crippen LogP contribution in [0.25, 0.3) is 0 Å². The van der Waals surface area contributed by atoms with Crippen LogP contribution in [0.3, 0.4) is 0 Å². The van der Waals surface area contributed by atoms with Crippen molar-refractivity contribution in [3.8, 4) is 0 Å². The Morgan fingerprint density at radius 3 is 2.00 bits per heavy atom. The topological polar surface area (TPSA) is 179 Å². The van der Waals surface area contributed by atoms with Gasteiger partial charge in [0, 0.05) is 0 Å². The number of benzene rings is 1. The molecular formula is C27H38N4O10. The van der Waals surface area contributed by atoms with Crippen molar-refractivity contribution in [3.05, 3.63) is 35.9 Å². The van der Waals surface area contributed by atoms with Gasteiger partial charge >= 0.3 is 24.1 Å². The number of ketones is 1. The van der Waals surface area contributed by atoms with Crippen LogP contribution in [0.5, 0.6) is 0 Å². The molecule has 0 aliphatic carbocycles. The molecule has 14 heteroatoms. The summed E-state index contributed by atoms with van der Waals surface area (Å²) < 4.78 is 19.5. The number of hydrogen-bond acceptors (Lipinski definition) is 11. The minimum atomic E-state index is -1.87. The molecule has 1 aromatic rings. The molecule has 3 N–H and O–H groups in total. The van der Waals surface area contributed by atoms with E-state index in [1.165, 1.54) is 0 Å². The van der Waals surface area contributed by atoms with E-state index < -0.39 is 60.2 Å². The Morgan fingerprint density at radius 2 is 1.46 bits per heavy atom. The quantitative estimate of drug-likeness (QED) is 0.165. The Labute approximate surface area is 238 Å². The number of nitrogens with zero attached hydrogens (tertiary/aromatic N) is 1. The number of Topliss-reactive ketones (excluding diaryl/α,β-unsaturated/α-hetero) is 1. The van der Waals surface area contributed by atoms with E-state index in [0.29, 0.717) is 5.01 Å². The van der Waals surface area contributed by atoms with Crippen LogP contribution in [0.4, 0.5) is 9.59 Å². The number of cyclic esters (lactones) is 1. The molecule has 0 aromatic heterocycles. The molecule has 1 fully saturated rings. The fourth-order valence-electron chi connectivity index (χ4n) is 3.98. The highest BCUT2D eigenvalue weighted by atomic mass is 16.6. The minimum Gasteiger partial charge on any atom is -0.467 e. The lowest BCUT2D eigenvalue weighted by atomic mass is 9.97. The van der Waals surface area contributed by atoms with Crippen LogP contribution in [-0.4, -0.2) is 79.4 Å². The zero-order valence-corrected chi connectivity index (χ0v) is 24.0. The van der Waals surface area contributed by atoms with E-state index in [1.54, 1.807) is 24.3 Å². The van der Waals surface area contributed by atoms with Crippen molar-refractivity contribution in [1.29, 1.82) is 0 Å². The average molecular weight is 579 g/mol. The summed E-state index contributed by atoms with van der Waals surface area (Å²) in [6, 6.07) is 4.97. The van der Waals surface area contributed by atoms with Crippen LogP contribution >= 0.6 is 0 Å². The van der Waals surface area contributed by atoms with E-state index in [4.69, 9.17) is 9.47 Å². The molecule has 0 spiro atoms. The fraction of sp³-hybridized carbons (Fsp3) is 0.556. The van der Waals surface area contributed by atoms with Crippen molar-refractivity contribution in [1.82, 2.24) is 21.1 Å². The number of alkyl carbamates (subject to hydrolysis) is 1. The van der Waals surface area contributed by atoms with Crippen molar-refractivity contribution in [2.45, 2.75) is 71.5 Å². The maximum Gasteiger partial charge on any atom is 0.427 e. The van der Waals surface area contributed by atoms with E-state index in [9.17, 15) is 28.8 Å². The van der Waals surface area contributed by atoms with E-state index >= 15 is 0 Å². The third kappa shape index (κ3) is 9.74. The normalized spacial score (nSPS) is 16.2. The molecule has 1 unspecified atom stereocenters. The van der Waals surface area contributed by atoms with E-state index in [0.717, 1.165) is 19.8 Å². The Balaban J connectivity index is 2.15. The summed E-state index contributed by atoms with van der Waals surface area (Å²) in [7, 11) is 2.02. The van der Waals surface area contributed by atoms with Crippen LogP contribution < -0.4 is 16.1 Å². The van der Waals surface area contributed by atoms with Crippen molar-refractivity contribution < 1.29 is 47.7 Å². The van der Waals surface area contributed by atoms with Gasteiger partial charge in [0.1, 0.15) is 12.6 Å². The second-order valence-electron chi connectivity index (χ2n) is 10.2. The molecule has 1 aliphatic heterocycles. The molecular weight excluding hydrogens is 540 g/mol. The molecule has 226 valence electrons. The summed E-state index contributed by atoms with van der Waals surface area (Å²) in [4.78, 5) is 75.9. The number of carbonyl (C=O) groups excluding carboxylic acids is 6. The fourth-order valence-corrected chi connectivity index (χ4v) is 3.98. The van der Waals surface area contributed by atoms with Crippen LogP contribution in [0.1, 0.15) is 46.1 Å². The summed E-state index contributed by atoms with van der Waals surface area (Å²) in [5, 5.41) is 5.70. The largest absolute Gasteiger partial charge is 0.467 e. The van der Waals surface area contributed by atoms with E-state index in [-0.39, 0.29) is 31.3 Å². The van der Waals surface area contributed by atoms with Crippen LogP contribution in [0.15, 0.2) is 30.3 Å². The molecule has 3 atom stereocenters. The van der Waals surface area contributed by atoms with E-state index in [1.807, 2.05) is 33.8 Å². The second kappa shape index (κ2) is 15.6. The number of hydrogen-bond donors (Lipinski definition) is 3. The molecule has 0 saturated carbocycles. The highest BCUT2D eigenvalue weighted by Gasteiger charge is 2.48. The van der Waals surface area contributed by atoms with Crippen molar-refractivity contribution in [2.75, 3.05) is 14.2 Å². The number of rotatable bonds is 14. The van der Waals surface area contributed by atoms with E-state index in [2.05, 4.69) is 25.5 Å². The first-order valence-electron chi connectivity index (χ1n) is 13.1. The Bertz CT molecular complexity index is 1080. The smallest absolute Gasteiger partial charge is 0.427 e. The molecule has 1 aliphatic rings. The third-order valence-corrected chi connectivity index (χ3v) is 5.93. The Morgan fingerprint density at radius 1 is 0.902 bits per heavy atom. The standard InChI is InChI=1S/C27H38N4O10/c1-15(2)12-18(21(32)23-30-31(27(37)41-23)20(24(34)38-5)25(35)39-6)28-22(33)19(13-16(3)4)29-26(36)40-14-17-10-8-7-9-11-17/h7-11,15-16,18-20,23,30H,12-14H2,1-6H3,(H,28,33)(H,29,36)/t18-,19-,23?/m0/s1. The van der Waals surface area contributed by atoms with Gasteiger partial charge in [0.15, 0.2) is 0 Å². The summed E-state index contributed by atoms with van der Waals surface area (Å²) in [6.07, 6.45) is -3.22. The average Bonchev–Trinajstić information content (AvgIpc) is 3.31. The maximum atomic E-state index is 13.4. The third-order valence-electron chi connectivity index (χ3n) is 5.93. The highest BCUT2D eigenvalue weighted by molar-refractivity contribution is 6.02. The number of esters is 2. The lowest BCUT2D eigenvalue weighted by molar-refractivity contribution is -0.160. The molecule has 3 amide bonds. The summed E-state index contributed by atoms with van der Waals surface area (Å²) >= 11 is 0. The number of methoxy groups -OCH3 is 2. The van der Waals surface area contributed by atoms with Gasteiger partial charge < -0.3 is 29.6 Å². The van der Waals surface area contributed by atoms with Crippen molar-refractivity contribution >= 4 is 35.8 Å². The molecule has 41 heavy (non-hydrogen) atoms. The van der Waals surface area contributed by atoms with Gasteiger partial charge in [-0.25, -0.2) is 24.2 Å². The first-order chi connectivity index (χ1) is 19.4. The van der Waals surface area contributed by atoms with Gasteiger partial charge in [0.05, 0.1) is 20.3 Å². The first-order valence-corrected chi connectivity index (χ1v) is 13.1. The highest BCUT2D eigenvalue weighted by Crippen LogP contribution is 2.17. The van der Waals surface area contributed by atoms with Gasteiger partial charge in [0.25, 0.3) is 0 Å². The summed E-state index contributed by atoms with van der Waals surface area (Å²) in [5.74, 6) is -3.71. The zero-order chi connectivity index (χ0) is 30.7. The van der Waals surface area contributed by atoms with Crippen molar-refractivity contribution in [2.24, 2.45) is 11.8 Å². The predicted octanol–water partition coefficient (Wildman–Crippen LogP) is 1.43. The van der Waals surface area contributed by atoms with Gasteiger partial charge in [-0.1, -0.05) is 58.0 Å². The Kier molecular flexibility index (Phi) is 12.5. The molecule has 0 bridgehead atoms. The van der Waals surface area contributed by atoms with Gasteiger partial charge in [-0.05, 0) is 30.2 Å². The first kappa shape index (κ1) is 33.0. The van der Waals surface area contributed by atoms with Gasteiger partial charge in [-0.15, -0.1) is 0 Å². The molecule has 0 radical (unpaired) electrons. The zero-order valence-electron chi connectivity index (χ0n) is 24.0. The van der Waals surface area contributed by atoms with Crippen LogP contribution in [0.2, 0.25) is 0 Å². The SMILES string of the molecule is COC(=O)C(C(=O)OC)N1NC(C(=O)[C@H](CC(C)C)NC(=O)[C@H](CC(C)C)NC(=O)OCc2ccccc2)OC1=O. The summed E-state index contributed by atoms with van der Waals surface area (Å²) in [6.45, 7) is 7.38. The summed E-state index contributed by atoms with van der Waals surface area (Å²) in [5.41, 5.74) is 3.16. The number of nitrogens with one attached hydrogen (secondary N) is 3. The minimum absolute atomic E-state index is 0.000915. The van der Waals surface area contributed by atoms with Gasteiger partial charge in [0.2, 0.25) is 24.0 Å². The monoisotopic (exact) mass is 578 g/mol. The van der Waals surface area contributed by atoms with Crippen molar-refractivity contribution in [3.63, 3.8) is 0 Å². The Hall–Kier alpha value is -4.20. The lowest BCUT2D eigenvalue weighted by Crippen LogP contribution is -2.57. The van der Waals surface area contributed by atoms with Gasteiger partial charge in [-0.3, -0.25) is 9.59 Å². The number of ether oxygens (including phenoxy) is 4. The van der Waals surface area contributed by atoms with Gasteiger partial charge in [-0.2, -0.15) is 5.43 Å². The molecule has 1 aromatic carbocycles. The second-order valence-corrected chi connectivity index (χ2v) is 10.2. The number of hydrazine groups is 1. The maximum absolute atomic E-state index is 13.4. The number of amides is 3. The van der Waals surface area contributed by atoms with Crippen LogP contribution in [0, 0.1) is 11.8 Å². The number of carbonyl (C=O) groups is 6. The van der Waals surface area contributed by atoms with Crippen LogP contribution in [-0.2, 0) is 44.7 Å².